The summed E-state index contributed by atoms with van der Waals surface area (Å²) in [7, 11) is 0. The number of rotatable bonds is 2. The maximum atomic E-state index is 12.3. The molecular weight excluding hydrogens is 324 g/mol. The van der Waals surface area contributed by atoms with Gasteiger partial charge in [0.2, 0.25) is 0 Å². The Hall–Kier alpha value is -2.80. The molecule has 132 valence electrons. The lowest BCUT2D eigenvalue weighted by atomic mass is 9.81. The summed E-state index contributed by atoms with van der Waals surface area (Å²) >= 11 is 0. The lowest BCUT2D eigenvalue weighted by Crippen LogP contribution is -2.36. The normalized spacial score (nSPS) is 21.1. The van der Waals surface area contributed by atoms with Crippen molar-refractivity contribution < 1.29 is 9.53 Å². The van der Waals surface area contributed by atoms with Gasteiger partial charge in [-0.15, -0.1) is 0 Å². The molecule has 0 radical (unpaired) electrons. The standard InChI is InChI=1S/C22H22N2O2/c1-2-13-24-16-22(26-21(24)25)12-6-9-20-19(22)14-18(15-23-20)11-10-17-7-4-3-5-8-17/h3-5,7-8,14-15H,2,6,9,12-13,16H2,1H3/t22-/m0/s1. The van der Waals surface area contributed by atoms with Crippen LogP contribution >= 0.6 is 0 Å². The number of fused-ring (bicyclic) bond motifs is 2. The molecule has 2 aliphatic rings. The van der Waals surface area contributed by atoms with Gasteiger partial charge in [0, 0.05) is 35.1 Å². The predicted molar refractivity (Wildman–Crippen MR) is 99.6 cm³/mol. The minimum Gasteiger partial charge on any atom is -0.436 e. The lowest BCUT2D eigenvalue weighted by Gasteiger charge is -2.32. The van der Waals surface area contributed by atoms with E-state index in [2.05, 4.69) is 29.8 Å². The van der Waals surface area contributed by atoms with Crippen molar-refractivity contribution in [3.63, 3.8) is 0 Å². The van der Waals surface area contributed by atoms with Gasteiger partial charge in [-0.25, -0.2) is 4.79 Å². The van der Waals surface area contributed by atoms with Crippen molar-refractivity contribution in [3.8, 4) is 11.8 Å². The number of ether oxygens (including phenoxy) is 1. The Bertz CT molecular complexity index is 882. The quantitative estimate of drug-likeness (QED) is 0.775. The van der Waals surface area contributed by atoms with Gasteiger partial charge in [-0.2, -0.15) is 0 Å². The Labute approximate surface area is 154 Å². The van der Waals surface area contributed by atoms with Gasteiger partial charge in [0.15, 0.2) is 5.60 Å². The van der Waals surface area contributed by atoms with E-state index < -0.39 is 5.60 Å². The molecule has 1 fully saturated rings. The van der Waals surface area contributed by atoms with Crippen molar-refractivity contribution in [2.45, 2.75) is 38.2 Å². The third kappa shape index (κ3) is 3.06. The summed E-state index contributed by atoms with van der Waals surface area (Å²) < 4.78 is 5.90. The molecule has 4 nitrogen and oxygen atoms in total. The van der Waals surface area contributed by atoms with E-state index in [4.69, 9.17) is 4.74 Å². The zero-order chi connectivity index (χ0) is 18.0. The Morgan fingerprint density at radius 3 is 2.85 bits per heavy atom. The second kappa shape index (κ2) is 6.84. The highest BCUT2D eigenvalue weighted by Crippen LogP contribution is 2.42. The molecular formula is C22H22N2O2. The fraction of sp³-hybridized carbons (Fsp3) is 0.364. The third-order valence-electron chi connectivity index (χ3n) is 5.06. The Morgan fingerprint density at radius 1 is 1.23 bits per heavy atom. The topological polar surface area (TPSA) is 42.4 Å². The number of carbonyl (C=O) groups excluding carboxylic acids is 1. The zero-order valence-electron chi connectivity index (χ0n) is 15.0. The van der Waals surface area contributed by atoms with E-state index in [0.717, 1.165) is 54.6 Å². The molecule has 0 N–H and O–H groups in total. The maximum absolute atomic E-state index is 12.3. The van der Waals surface area contributed by atoms with E-state index >= 15 is 0 Å². The largest absolute Gasteiger partial charge is 0.436 e. The number of pyridine rings is 1. The monoisotopic (exact) mass is 346 g/mol. The number of hydrogen-bond acceptors (Lipinski definition) is 3. The number of benzene rings is 1. The van der Waals surface area contributed by atoms with Crippen molar-refractivity contribution >= 4 is 6.09 Å². The van der Waals surface area contributed by atoms with Gasteiger partial charge in [0.25, 0.3) is 0 Å². The van der Waals surface area contributed by atoms with E-state index in [-0.39, 0.29) is 6.09 Å². The smallest absolute Gasteiger partial charge is 0.410 e. The first kappa shape index (κ1) is 16.7. The van der Waals surface area contributed by atoms with Crippen LogP contribution in [0.5, 0.6) is 0 Å². The van der Waals surface area contributed by atoms with Gasteiger partial charge < -0.3 is 9.64 Å². The van der Waals surface area contributed by atoms with Crippen LogP contribution in [0.15, 0.2) is 42.6 Å². The van der Waals surface area contributed by atoms with Crippen LogP contribution in [0.2, 0.25) is 0 Å². The molecule has 4 heteroatoms. The van der Waals surface area contributed by atoms with Crippen LogP contribution in [0.25, 0.3) is 0 Å². The first-order chi connectivity index (χ1) is 12.7. The fourth-order valence-electron chi connectivity index (χ4n) is 3.84. The second-order valence-electron chi connectivity index (χ2n) is 6.97. The molecule has 1 atom stereocenters. The number of hydrogen-bond donors (Lipinski definition) is 0. The number of carbonyl (C=O) groups is 1. The van der Waals surface area contributed by atoms with E-state index in [1.165, 1.54) is 0 Å². The molecule has 1 aromatic carbocycles. The number of aryl methyl sites for hydroxylation is 1. The predicted octanol–water partition coefficient (Wildman–Crippen LogP) is 3.88. The average Bonchev–Trinajstić information content (AvgIpc) is 2.97. The van der Waals surface area contributed by atoms with Crippen molar-refractivity contribution in [1.82, 2.24) is 9.88 Å². The molecule has 1 saturated heterocycles. The van der Waals surface area contributed by atoms with Gasteiger partial charge in [-0.3, -0.25) is 4.98 Å². The molecule has 1 amide bonds. The Morgan fingerprint density at radius 2 is 2.04 bits per heavy atom. The number of aromatic nitrogens is 1. The van der Waals surface area contributed by atoms with Crippen molar-refractivity contribution in [2.24, 2.45) is 0 Å². The van der Waals surface area contributed by atoms with Crippen molar-refractivity contribution in [2.75, 3.05) is 13.1 Å². The Balaban J connectivity index is 1.68. The van der Waals surface area contributed by atoms with Crippen LogP contribution in [0, 0.1) is 11.8 Å². The molecule has 4 rings (SSSR count). The SMILES string of the molecule is CCCN1C[C@]2(CCCc3ncc(C#Cc4ccccc4)cc32)OC1=O. The molecule has 26 heavy (non-hydrogen) atoms. The van der Waals surface area contributed by atoms with Crippen LogP contribution in [-0.4, -0.2) is 29.1 Å². The summed E-state index contributed by atoms with van der Waals surface area (Å²) in [4.78, 5) is 18.7. The summed E-state index contributed by atoms with van der Waals surface area (Å²) in [6, 6.07) is 12.0. The summed E-state index contributed by atoms with van der Waals surface area (Å²) in [5.41, 5.74) is 3.35. The summed E-state index contributed by atoms with van der Waals surface area (Å²) in [6.45, 7) is 3.42. The Kier molecular flexibility index (Phi) is 4.38. The van der Waals surface area contributed by atoms with E-state index in [0.29, 0.717) is 6.54 Å². The molecule has 0 saturated carbocycles. The molecule has 2 aromatic rings. The number of nitrogens with zero attached hydrogens (tertiary/aromatic N) is 2. The van der Waals surface area contributed by atoms with Crippen LogP contribution < -0.4 is 0 Å². The molecule has 1 aliphatic heterocycles. The highest BCUT2D eigenvalue weighted by molar-refractivity contribution is 5.71. The third-order valence-corrected chi connectivity index (χ3v) is 5.06. The van der Waals surface area contributed by atoms with E-state index in [1.54, 1.807) is 0 Å². The van der Waals surface area contributed by atoms with Crippen LogP contribution in [-0.2, 0) is 16.8 Å². The highest BCUT2D eigenvalue weighted by Gasteiger charge is 2.48. The molecule has 2 heterocycles. The molecule has 0 bridgehead atoms. The minimum absolute atomic E-state index is 0.208. The van der Waals surface area contributed by atoms with Gasteiger partial charge >= 0.3 is 6.09 Å². The van der Waals surface area contributed by atoms with Gasteiger partial charge in [-0.05, 0) is 43.9 Å². The summed E-state index contributed by atoms with van der Waals surface area (Å²) in [5.74, 6) is 6.37. The summed E-state index contributed by atoms with van der Waals surface area (Å²) in [5, 5.41) is 0. The van der Waals surface area contributed by atoms with Gasteiger partial charge in [0.1, 0.15) is 0 Å². The van der Waals surface area contributed by atoms with Crippen molar-refractivity contribution in [1.29, 1.82) is 0 Å². The molecule has 1 aliphatic carbocycles. The van der Waals surface area contributed by atoms with Crippen LogP contribution in [0.1, 0.15) is 48.6 Å². The van der Waals surface area contributed by atoms with Gasteiger partial charge in [-0.1, -0.05) is 37.0 Å². The first-order valence-electron chi connectivity index (χ1n) is 9.24. The fourth-order valence-corrected chi connectivity index (χ4v) is 3.84. The highest BCUT2D eigenvalue weighted by atomic mass is 16.6. The lowest BCUT2D eigenvalue weighted by molar-refractivity contribution is 0.0389. The number of amides is 1. The molecule has 1 aromatic heterocycles. The van der Waals surface area contributed by atoms with Crippen LogP contribution in [0.3, 0.4) is 0 Å². The minimum atomic E-state index is -0.558. The maximum Gasteiger partial charge on any atom is 0.410 e. The van der Waals surface area contributed by atoms with Crippen molar-refractivity contribution in [3.05, 3.63) is 65.0 Å². The molecule has 0 unspecified atom stereocenters. The zero-order valence-corrected chi connectivity index (χ0v) is 15.0. The average molecular weight is 346 g/mol. The summed E-state index contributed by atoms with van der Waals surface area (Å²) in [6.07, 6.45) is 5.31. The second-order valence-corrected chi connectivity index (χ2v) is 6.97. The van der Waals surface area contributed by atoms with Gasteiger partial charge in [0.05, 0.1) is 6.54 Å². The first-order valence-corrected chi connectivity index (χ1v) is 9.24. The van der Waals surface area contributed by atoms with E-state index in [9.17, 15) is 4.79 Å². The van der Waals surface area contributed by atoms with E-state index in [1.807, 2.05) is 41.4 Å². The molecule has 1 spiro atoms. The van der Waals surface area contributed by atoms with Crippen LogP contribution in [0.4, 0.5) is 4.79 Å².